The average Bonchev–Trinajstić information content (AvgIpc) is 3.21. The van der Waals surface area contributed by atoms with Gasteiger partial charge in [-0.2, -0.15) is 5.26 Å². The highest BCUT2D eigenvalue weighted by atomic mass is 79.9. The highest BCUT2D eigenvalue weighted by molar-refractivity contribution is 9.10. The van der Waals surface area contributed by atoms with Crippen LogP contribution in [0.5, 0.6) is 5.75 Å². The Hall–Kier alpha value is -1.25. The lowest BCUT2D eigenvalue weighted by Crippen LogP contribution is -2.48. The molecule has 0 aromatic heterocycles. The zero-order valence-electron chi connectivity index (χ0n) is 11.9. The Morgan fingerprint density at radius 3 is 2.81 bits per heavy atom. The minimum atomic E-state index is -0.807. The molecule has 0 saturated heterocycles. The maximum absolute atomic E-state index is 12.0. The third-order valence-electron chi connectivity index (χ3n) is 3.57. The molecule has 1 unspecified atom stereocenters. The van der Waals surface area contributed by atoms with Gasteiger partial charge >= 0.3 is 0 Å². The fourth-order valence-electron chi connectivity index (χ4n) is 2.22. The van der Waals surface area contributed by atoms with Crippen molar-refractivity contribution in [1.29, 1.82) is 5.26 Å². The summed E-state index contributed by atoms with van der Waals surface area (Å²) in [5.74, 6) is 0.411. The summed E-state index contributed by atoms with van der Waals surface area (Å²) in [6.07, 6.45) is 1.95. The van der Waals surface area contributed by atoms with E-state index in [4.69, 9.17) is 16.3 Å². The second kappa shape index (κ2) is 6.25. The highest BCUT2D eigenvalue weighted by Crippen LogP contribution is 2.39. The lowest BCUT2D eigenvalue weighted by molar-refractivity contribution is -0.124. The van der Waals surface area contributed by atoms with E-state index >= 15 is 0 Å². The standard InChI is InChI=1S/C15H16BrClN2O2/c1-9-5-11(16)6-12(17)14(9)21-7-13(20)19-15(2,8-18)10-3-4-10/h5-6,10H,3-4,7H2,1-2H3,(H,19,20). The molecule has 0 aliphatic heterocycles. The summed E-state index contributed by atoms with van der Waals surface area (Å²) < 4.78 is 6.35. The fraction of sp³-hybridized carbons (Fsp3) is 0.467. The molecule has 2 rings (SSSR count). The number of nitrogens with zero attached hydrogens (tertiary/aromatic N) is 1. The first-order chi connectivity index (χ1) is 9.85. The van der Waals surface area contributed by atoms with E-state index in [-0.39, 0.29) is 18.4 Å². The fourth-order valence-corrected chi connectivity index (χ4v) is 3.24. The molecule has 1 saturated carbocycles. The van der Waals surface area contributed by atoms with E-state index < -0.39 is 5.54 Å². The number of benzene rings is 1. The molecule has 4 nitrogen and oxygen atoms in total. The van der Waals surface area contributed by atoms with Gasteiger partial charge in [0.05, 0.1) is 11.1 Å². The second-order valence-electron chi connectivity index (χ2n) is 5.46. The summed E-state index contributed by atoms with van der Waals surface area (Å²) in [5, 5.41) is 12.4. The molecule has 6 heteroatoms. The first-order valence-electron chi connectivity index (χ1n) is 6.66. The first-order valence-corrected chi connectivity index (χ1v) is 7.83. The second-order valence-corrected chi connectivity index (χ2v) is 6.78. The first kappa shape index (κ1) is 16.1. The number of hydrogen-bond donors (Lipinski definition) is 1. The summed E-state index contributed by atoms with van der Waals surface area (Å²) in [7, 11) is 0. The maximum atomic E-state index is 12.0. The van der Waals surface area contributed by atoms with Crippen molar-refractivity contribution in [2.75, 3.05) is 6.61 Å². The van der Waals surface area contributed by atoms with Crippen LogP contribution in [0.25, 0.3) is 0 Å². The van der Waals surface area contributed by atoms with E-state index in [0.717, 1.165) is 22.9 Å². The number of nitriles is 1. The normalized spacial score (nSPS) is 16.7. The number of amides is 1. The number of halogens is 2. The van der Waals surface area contributed by atoms with Crippen molar-refractivity contribution in [3.05, 3.63) is 27.2 Å². The summed E-state index contributed by atoms with van der Waals surface area (Å²) in [5.41, 5.74) is 0.0336. The number of rotatable bonds is 5. The third-order valence-corrected chi connectivity index (χ3v) is 4.31. The van der Waals surface area contributed by atoms with Crippen LogP contribution in [0.2, 0.25) is 5.02 Å². The predicted octanol–water partition coefficient (Wildman–Crippen LogP) is 3.60. The smallest absolute Gasteiger partial charge is 0.259 e. The quantitative estimate of drug-likeness (QED) is 0.860. The summed E-state index contributed by atoms with van der Waals surface area (Å²) >= 11 is 9.44. The van der Waals surface area contributed by atoms with Crippen molar-refractivity contribution in [2.24, 2.45) is 5.92 Å². The Morgan fingerprint density at radius 2 is 2.29 bits per heavy atom. The molecule has 1 amide bonds. The Balaban J connectivity index is 1.97. The molecule has 21 heavy (non-hydrogen) atoms. The van der Waals surface area contributed by atoms with Gasteiger partial charge in [-0.05, 0) is 50.3 Å². The van der Waals surface area contributed by atoms with Gasteiger partial charge in [0.25, 0.3) is 5.91 Å². The van der Waals surface area contributed by atoms with Gasteiger partial charge < -0.3 is 10.1 Å². The SMILES string of the molecule is Cc1cc(Br)cc(Cl)c1OCC(=O)NC(C)(C#N)C1CC1. The Morgan fingerprint density at radius 1 is 1.62 bits per heavy atom. The minimum Gasteiger partial charge on any atom is -0.482 e. The van der Waals surface area contributed by atoms with Gasteiger partial charge in [0, 0.05) is 4.47 Å². The molecule has 0 spiro atoms. The predicted molar refractivity (Wildman–Crippen MR) is 84.3 cm³/mol. The number of nitrogens with one attached hydrogen (secondary N) is 1. The molecule has 1 N–H and O–H groups in total. The van der Waals surface area contributed by atoms with Gasteiger partial charge in [0.2, 0.25) is 0 Å². The van der Waals surface area contributed by atoms with Gasteiger partial charge in [-0.15, -0.1) is 0 Å². The van der Waals surface area contributed by atoms with Crippen molar-refractivity contribution in [3.8, 4) is 11.8 Å². The molecule has 1 aliphatic rings. The summed E-state index contributed by atoms with van der Waals surface area (Å²) in [6, 6.07) is 5.76. The zero-order chi connectivity index (χ0) is 15.6. The molecule has 1 fully saturated rings. The maximum Gasteiger partial charge on any atom is 0.259 e. The van der Waals surface area contributed by atoms with Crippen LogP contribution in [-0.2, 0) is 4.79 Å². The molecule has 0 heterocycles. The van der Waals surface area contributed by atoms with Gasteiger partial charge in [-0.25, -0.2) is 0 Å². The third kappa shape index (κ3) is 3.90. The van der Waals surface area contributed by atoms with Crippen LogP contribution in [0, 0.1) is 24.2 Å². The number of ether oxygens (including phenoxy) is 1. The molecular weight excluding hydrogens is 356 g/mol. The van der Waals surface area contributed by atoms with E-state index in [1.54, 1.807) is 13.0 Å². The molecule has 0 bridgehead atoms. The topological polar surface area (TPSA) is 62.1 Å². The lowest BCUT2D eigenvalue weighted by Gasteiger charge is -2.23. The molecular formula is C15H16BrClN2O2. The average molecular weight is 372 g/mol. The van der Waals surface area contributed by atoms with E-state index in [0.29, 0.717) is 10.8 Å². The monoisotopic (exact) mass is 370 g/mol. The molecule has 1 atom stereocenters. The molecule has 1 aliphatic carbocycles. The van der Waals surface area contributed by atoms with Crippen LogP contribution in [0.3, 0.4) is 0 Å². The van der Waals surface area contributed by atoms with E-state index in [1.807, 2.05) is 13.0 Å². The molecule has 1 aromatic rings. The summed E-state index contributed by atoms with van der Waals surface area (Å²) in [6.45, 7) is 3.44. The van der Waals surface area contributed by atoms with Gasteiger partial charge in [0.15, 0.2) is 6.61 Å². The number of carbonyl (C=O) groups is 1. The van der Waals surface area contributed by atoms with Crippen molar-refractivity contribution in [2.45, 2.75) is 32.2 Å². The van der Waals surface area contributed by atoms with Crippen molar-refractivity contribution in [3.63, 3.8) is 0 Å². The molecule has 1 aromatic carbocycles. The van der Waals surface area contributed by atoms with Crippen LogP contribution < -0.4 is 10.1 Å². The van der Waals surface area contributed by atoms with Gasteiger partial charge in [-0.1, -0.05) is 27.5 Å². The van der Waals surface area contributed by atoms with E-state index in [2.05, 4.69) is 27.3 Å². The van der Waals surface area contributed by atoms with Gasteiger partial charge in [-0.3, -0.25) is 4.79 Å². The lowest BCUT2D eigenvalue weighted by atomic mass is 9.98. The minimum absolute atomic E-state index is 0.161. The molecule has 112 valence electrons. The van der Waals surface area contributed by atoms with Crippen molar-refractivity contribution < 1.29 is 9.53 Å². The summed E-state index contributed by atoms with van der Waals surface area (Å²) in [4.78, 5) is 12.0. The van der Waals surface area contributed by atoms with E-state index in [9.17, 15) is 10.1 Å². The van der Waals surface area contributed by atoms with Crippen LogP contribution in [-0.4, -0.2) is 18.1 Å². The van der Waals surface area contributed by atoms with Crippen LogP contribution >= 0.6 is 27.5 Å². The molecule has 0 radical (unpaired) electrons. The number of aryl methyl sites for hydroxylation is 1. The van der Waals surface area contributed by atoms with Crippen LogP contribution in [0.4, 0.5) is 0 Å². The Bertz CT molecular complexity index is 587. The number of carbonyl (C=O) groups excluding carboxylic acids is 1. The van der Waals surface area contributed by atoms with Crippen molar-refractivity contribution in [1.82, 2.24) is 5.32 Å². The Labute approximate surface area is 137 Å². The highest BCUT2D eigenvalue weighted by Gasteiger charge is 2.43. The zero-order valence-corrected chi connectivity index (χ0v) is 14.2. The van der Waals surface area contributed by atoms with Crippen LogP contribution in [0.15, 0.2) is 16.6 Å². The Kier molecular flexibility index (Phi) is 4.80. The van der Waals surface area contributed by atoms with E-state index in [1.165, 1.54) is 0 Å². The largest absolute Gasteiger partial charge is 0.482 e. The van der Waals surface area contributed by atoms with Crippen LogP contribution in [0.1, 0.15) is 25.3 Å². The van der Waals surface area contributed by atoms with Crippen molar-refractivity contribution >= 4 is 33.4 Å². The number of hydrogen-bond acceptors (Lipinski definition) is 3. The van der Waals surface area contributed by atoms with Gasteiger partial charge in [0.1, 0.15) is 11.3 Å².